The van der Waals surface area contributed by atoms with Gasteiger partial charge in [-0.3, -0.25) is 19.7 Å². The van der Waals surface area contributed by atoms with E-state index in [0.717, 1.165) is 22.5 Å². The Balaban J connectivity index is 1.69. The highest BCUT2D eigenvalue weighted by atomic mass is 19.1. The van der Waals surface area contributed by atoms with Crippen LogP contribution < -0.4 is 15.5 Å². The van der Waals surface area contributed by atoms with Gasteiger partial charge in [0.2, 0.25) is 5.91 Å². The van der Waals surface area contributed by atoms with Crippen LogP contribution in [-0.4, -0.2) is 48.6 Å². The molecule has 2 heterocycles. The van der Waals surface area contributed by atoms with Crippen LogP contribution in [0.25, 0.3) is 17.0 Å². The van der Waals surface area contributed by atoms with Crippen molar-refractivity contribution in [2.24, 2.45) is 0 Å². The predicted molar refractivity (Wildman–Crippen MR) is 122 cm³/mol. The van der Waals surface area contributed by atoms with E-state index in [4.69, 9.17) is 4.74 Å². The van der Waals surface area contributed by atoms with Crippen LogP contribution in [0.15, 0.2) is 60.3 Å². The zero-order valence-corrected chi connectivity index (χ0v) is 18.2. The molecule has 0 aliphatic carbocycles. The van der Waals surface area contributed by atoms with E-state index in [1.807, 2.05) is 12.1 Å². The van der Waals surface area contributed by atoms with Crippen LogP contribution in [0.2, 0.25) is 0 Å². The molecule has 0 bridgehead atoms. The van der Waals surface area contributed by atoms with E-state index < -0.39 is 23.7 Å². The number of nitrogens with zero attached hydrogens (tertiary/aromatic N) is 2. The molecule has 34 heavy (non-hydrogen) atoms. The number of carbonyl (C=O) groups is 4. The first-order chi connectivity index (χ1) is 16.4. The van der Waals surface area contributed by atoms with Gasteiger partial charge in [-0.15, -0.1) is 0 Å². The summed E-state index contributed by atoms with van der Waals surface area (Å²) in [5.74, 6) is -2.44. The molecule has 9 nitrogen and oxygen atoms in total. The monoisotopic (exact) mass is 464 g/mol. The molecule has 5 amide bonds. The number of imide groups is 2. The molecule has 1 fully saturated rings. The van der Waals surface area contributed by atoms with Gasteiger partial charge in [-0.25, -0.2) is 14.1 Å². The van der Waals surface area contributed by atoms with E-state index in [9.17, 15) is 23.6 Å². The number of hydrogen-bond donors (Lipinski definition) is 2. The van der Waals surface area contributed by atoms with E-state index in [0.29, 0.717) is 24.1 Å². The number of methoxy groups -OCH3 is 1. The number of nitrogens with one attached hydrogen (secondary N) is 2. The number of ether oxygens (including phenoxy) is 1. The number of benzene rings is 2. The second-order valence-corrected chi connectivity index (χ2v) is 7.51. The number of rotatable bonds is 7. The lowest BCUT2D eigenvalue weighted by molar-refractivity contribution is -0.123. The number of amides is 5. The summed E-state index contributed by atoms with van der Waals surface area (Å²) in [5, 5.41) is 5.60. The van der Waals surface area contributed by atoms with Gasteiger partial charge in [-0.2, -0.15) is 0 Å². The molecule has 2 N–H and O–H groups in total. The van der Waals surface area contributed by atoms with E-state index in [2.05, 4.69) is 10.6 Å². The smallest absolute Gasteiger partial charge is 0.335 e. The van der Waals surface area contributed by atoms with Crippen molar-refractivity contribution in [2.45, 2.75) is 6.54 Å². The number of fused-ring (bicyclic) bond motifs is 1. The summed E-state index contributed by atoms with van der Waals surface area (Å²) in [4.78, 5) is 51.0. The molecule has 3 aromatic rings. The Morgan fingerprint density at radius 2 is 1.85 bits per heavy atom. The minimum absolute atomic E-state index is 0.0216. The number of barbiturate groups is 1. The van der Waals surface area contributed by atoms with Crippen molar-refractivity contribution < 1.29 is 28.3 Å². The molecule has 0 saturated carbocycles. The van der Waals surface area contributed by atoms with Gasteiger partial charge in [-0.05, 0) is 36.4 Å². The van der Waals surface area contributed by atoms with Crippen molar-refractivity contribution in [1.29, 1.82) is 0 Å². The molecule has 1 saturated heterocycles. The SMILES string of the molecule is COCCNC(=O)Cn1cc(/C=C2\C(=O)NC(=O)N(c3ccc(F)cc3)C2=O)c2ccccc21. The highest BCUT2D eigenvalue weighted by Crippen LogP contribution is 2.26. The van der Waals surface area contributed by atoms with Crippen molar-refractivity contribution in [2.75, 3.05) is 25.2 Å². The lowest BCUT2D eigenvalue weighted by Crippen LogP contribution is -2.54. The van der Waals surface area contributed by atoms with Crippen molar-refractivity contribution >= 4 is 46.4 Å². The highest BCUT2D eigenvalue weighted by Gasteiger charge is 2.37. The molecule has 4 rings (SSSR count). The molecule has 0 unspecified atom stereocenters. The van der Waals surface area contributed by atoms with Crippen molar-refractivity contribution in [3.05, 3.63) is 71.7 Å². The summed E-state index contributed by atoms with van der Waals surface area (Å²) >= 11 is 0. The first kappa shape index (κ1) is 22.9. The van der Waals surface area contributed by atoms with Crippen LogP contribution in [0.5, 0.6) is 0 Å². The summed E-state index contributed by atoms with van der Waals surface area (Å²) in [6, 6.07) is 11.1. The van der Waals surface area contributed by atoms with Gasteiger partial charge in [0.1, 0.15) is 17.9 Å². The minimum Gasteiger partial charge on any atom is -0.383 e. The summed E-state index contributed by atoms with van der Waals surface area (Å²) in [6.45, 7) is 0.775. The Bertz CT molecular complexity index is 1310. The van der Waals surface area contributed by atoms with Crippen molar-refractivity contribution in [3.8, 4) is 0 Å². The number of carbonyl (C=O) groups excluding carboxylic acids is 4. The number of anilines is 1. The number of halogens is 1. The third-order valence-electron chi connectivity index (χ3n) is 5.25. The normalized spacial score (nSPS) is 15.2. The molecule has 10 heteroatoms. The largest absolute Gasteiger partial charge is 0.383 e. The Labute approximate surface area is 193 Å². The Kier molecular flexibility index (Phi) is 6.51. The van der Waals surface area contributed by atoms with Crippen LogP contribution in [0, 0.1) is 5.82 Å². The van der Waals surface area contributed by atoms with Crippen LogP contribution in [0.1, 0.15) is 5.56 Å². The maximum Gasteiger partial charge on any atom is 0.335 e. The highest BCUT2D eigenvalue weighted by molar-refractivity contribution is 6.39. The zero-order valence-electron chi connectivity index (χ0n) is 18.2. The minimum atomic E-state index is -0.922. The summed E-state index contributed by atoms with van der Waals surface area (Å²) < 4.78 is 19.9. The first-order valence-corrected chi connectivity index (χ1v) is 10.4. The van der Waals surface area contributed by atoms with Crippen LogP contribution >= 0.6 is 0 Å². The molecular weight excluding hydrogens is 443 g/mol. The average molecular weight is 464 g/mol. The predicted octanol–water partition coefficient (Wildman–Crippen LogP) is 2.21. The second-order valence-electron chi connectivity index (χ2n) is 7.51. The number of para-hydroxylation sites is 1. The van der Waals surface area contributed by atoms with Crippen LogP contribution in [0.3, 0.4) is 0 Å². The van der Waals surface area contributed by atoms with Gasteiger partial charge >= 0.3 is 6.03 Å². The number of urea groups is 1. The summed E-state index contributed by atoms with van der Waals surface area (Å²) in [7, 11) is 1.54. The lowest BCUT2D eigenvalue weighted by Gasteiger charge is -2.26. The fraction of sp³-hybridized carbons (Fsp3) is 0.167. The maximum absolute atomic E-state index is 13.3. The van der Waals surface area contributed by atoms with Crippen molar-refractivity contribution in [3.63, 3.8) is 0 Å². The molecule has 0 atom stereocenters. The Morgan fingerprint density at radius 1 is 1.12 bits per heavy atom. The Morgan fingerprint density at radius 3 is 2.59 bits per heavy atom. The molecule has 1 aromatic heterocycles. The van der Waals surface area contributed by atoms with Gasteiger partial charge in [0, 0.05) is 36.3 Å². The second kappa shape index (κ2) is 9.67. The van der Waals surface area contributed by atoms with Crippen LogP contribution in [-0.2, 0) is 25.7 Å². The van der Waals surface area contributed by atoms with Gasteiger partial charge in [-0.1, -0.05) is 18.2 Å². The van der Waals surface area contributed by atoms with Gasteiger partial charge in [0.15, 0.2) is 0 Å². The lowest BCUT2D eigenvalue weighted by atomic mass is 10.1. The quantitative estimate of drug-likeness (QED) is 0.317. The molecule has 2 aromatic carbocycles. The molecule has 1 aliphatic heterocycles. The van der Waals surface area contributed by atoms with Gasteiger partial charge < -0.3 is 14.6 Å². The fourth-order valence-corrected chi connectivity index (χ4v) is 3.66. The molecule has 0 spiro atoms. The van der Waals surface area contributed by atoms with Crippen LogP contribution in [0.4, 0.5) is 14.9 Å². The standard InChI is InChI=1S/C24H21FN4O5/c1-34-11-10-26-21(30)14-28-13-15(18-4-2-3-5-20(18)28)12-19-22(31)27-24(33)29(23(19)32)17-8-6-16(25)7-9-17/h2-9,12-13H,10-11,14H2,1H3,(H,26,30)(H,27,31,33)/b19-12+. The van der Waals surface area contributed by atoms with Gasteiger partial charge in [0.05, 0.1) is 12.3 Å². The Hall–Kier alpha value is -4.31. The van der Waals surface area contributed by atoms with E-state index in [1.54, 1.807) is 30.0 Å². The first-order valence-electron chi connectivity index (χ1n) is 10.4. The molecule has 174 valence electrons. The topological polar surface area (TPSA) is 110 Å². The maximum atomic E-state index is 13.3. The van der Waals surface area contributed by atoms with Crippen molar-refractivity contribution in [1.82, 2.24) is 15.2 Å². The fourth-order valence-electron chi connectivity index (χ4n) is 3.66. The summed E-state index contributed by atoms with van der Waals surface area (Å²) in [6.07, 6.45) is 3.04. The zero-order chi connectivity index (χ0) is 24.2. The van der Waals surface area contributed by atoms with E-state index >= 15 is 0 Å². The molecule has 0 radical (unpaired) electrons. The number of aromatic nitrogens is 1. The third-order valence-corrected chi connectivity index (χ3v) is 5.25. The summed E-state index contributed by atoms with van der Waals surface area (Å²) in [5.41, 5.74) is 1.10. The van der Waals surface area contributed by atoms with E-state index in [-0.39, 0.29) is 23.7 Å². The molecule has 1 aliphatic rings. The van der Waals surface area contributed by atoms with E-state index in [1.165, 1.54) is 18.2 Å². The molecular formula is C24H21FN4O5. The third kappa shape index (κ3) is 4.57. The van der Waals surface area contributed by atoms with Gasteiger partial charge in [0.25, 0.3) is 11.8 Å². The number of hydrogen-bond acceptors (Lipinski definition) is 5. The average Bonchev–Trinajstić information content (AvgIpc) is 3.15.